The van der Waals surface area contributed by atoms with Gasteiger partial charge >= 0.3 is 0 Å². The second kappa shape index (κ2) is 17.3. The van der Waals surface area contributed by atoms with E-state index in [1.165, 1.54) is 17.2 Å². The highest BCUT2D eigenvalue weighted by Gasteiger charge is 2.62. The van der Waals surface area contributed by atoms with Gasteiger partial charge in [-0.25, -0.2) is 22.2 Å². The first-order valence-corrected chi connectivity index (χ1v) is 21.9. The van der Waals surface area contributed by atoms with Crippen LogP contribution in [0.5, 0.6) is 17.4 Å². The molecule has 4 aliphatic rings. The average molecular weight is 856 g/mol. The topological polar surface area (TPSA) is 200 Å². The Morgan fingerprint density at radius 1 is 1.08 bits per heavy atom. The first-order chi connectivity index (χ1) is 28.6. The zero-order valence-corrected chi connectivity index (χ0v) is 34.8. The van der Waals surface area contributed by atoms with Crippen molar-refractivity contribution in [2.75, 3.05) is 13.7 Å². The van der Waals surface area contributed by atoms with Crippen LogP contribution in [0.3, 0.4) is 0 Å². The van der Waals surface area contributed by atoms with Crippen LogP contribution in [0.2, 0.25) is 0 Å². The number of aromatic nitrogens is 3. The van der Waals surface area contributed by atoms with E-state index in [4.69, 9.17) is 19.2 Å². The molecule has 2 saturated carbocycles. The van der Waals surface area contributed by atoms with E-state index >= 15 is 0 Å². The summed E-state index contributed by atoms with van der Waals surface area (Å²) in [5, 5.41) is 9.51. The molecule has 2 aromatic heterocycles. The van der Waals surface area contributed by atoms with Crippen molar-refractivity contribution in [1.82, 2.24) is 35.0 Å². The van der Waals surface area contributed by atoms with Gasteiger partial charge in [0, 0.05) is 35.6 Å². The smallest absolute Gasteiger partial charge is 0.272 e. The van der Waals surface area contributed by atoms with Gasteiger partial charge in [-0.3, -0.25) is 28.6 Å². The lowest BCUT2D eigenvalue weighted by Crippen LogP contribution is -2.58. The number of hydrogen-bond acceptors (Lipinski definition) is 11. The van der Waals surface area contributed by atoms with Gasteiger partial charge in [0.15, 0.2) is 0 Å². The van der Waals surface area contributed by atoms with Gasteiger partial charge in [-0.05, 0) is 77.5 Å². The number of fused-ring (bicyclic) bond motifs is 3. The number of alkyl halides is 2. The summed E-state index contributed by atoms with van der Waals surface area (Å²) in [5.74, 6) is -2.12. The monoisotopic (exact) mass is 855 g/mol. The summed E-state index contributed by atoms with van der Waals surface area (Å²) in [6, 6.07) is 4.14. The third kappa shape index (κ3) is 9.34. The standard InChI is InChI=1S/C41H51F2N7O9S/c1-23(2)58-35-19-33(28-14-15-32(57-4)24(3)36(28)45-35)59-26-18-31-38(52)46-41(40(54)48-60(55,56)27-12-13-27)20-25(41)10-8-6-5-7-9-11-30(39(53)50(31)21-26)44-37(51)29-16-17-49(47-29)22-34(42)43/h8,10,14-17,19,23,25-27,30-31,34H,5-7,9,11-13,18,20-22H2,1-4H3,(H,44,51)(H,46,52)(H,48,54)/t25-,26-,30+,31+,41-/m1/s1. The SMILES string of the molecule is COc1ccc2c(O[C@@H]3C[C@H]4C(=O)N[C@]5(C(=O)NS(=O)(=O)C6CC6)C[C@H]5C=CCCCCC[C@H](NC(=O)c5ccn(CC(F)F)n5)C(=O)N4C3)cc(OC(C)C)nc2c1C. The minimum absolute atomic E-state index is 0.0336. The van der Waals surface area contributed by atoms with Crippen LogP contribution in [0, 0.1) is 12.8 Å². The van der Waals surface area contributed by atoms with Crippen LogP contribution in [0.4, 0.5) is 8.78 Å². The summed E-state index contributed by atoms with van der Waals surface area (Å²) in [6.45, 7) is 4.75. The predicted octanol–water partition coefficient (Wildman–Crippen LogP) is 3.95. The third-order valence-electron chi connectivity index (χ3n) is 11.3. The molecule has 3 aromatic rings. The number of aryl methyl sites for hydroxylation is 1. The molecule has 7 rings (SSSR count). The fraction of sp³-hybridized carbons (Fsp3) is 0.561. The molecular weight excluding hydrogens is 805 g/mol. The van der Waals surface area contributed by atoms with Gasteiger partial charge in [0.25, 0.3) is 18.2 Å². The Morgan fingerprint density at radius 2 is 1.87 bits per heavy atom. The molecule has 324 valence electrons. The number of nitrogens with one attached hydrogen (secondary N) is 3. The van der Waals surface area contributed by atoms with Gasteiger partial charge < -0.3 is 29.7 Å². The molecule has 3 N–H and O–H groups in total. The Bertz CT molecular complexity index is 2280. The van der Waals surface area contributed by atoms with Gasteiger partial charge in [-0.1, -0.05) is 25.0 Å². The maximum atomic E-state index is 14.7. The number of halogens is 2. The molecule has 0 radical (unpaired) electrons. The maximum Gasteiger partial charge on any atom is 0.272 e. The Kier molecular flexibility index (Phi) is 12.4. The summed E-state index contributed by atoms with van der Waals surface area (Å²) in [4.78, 5) is 62.7. The minimum Gasteiger partial charge on any atom is -0.496 e. The molecule has 1 saturated heterocycles. The van der Waals surface area contributed by atoms with Crippen LogP contribution in [-0.4, -0.2) is 107 Å². The van der Waals surface area contributed by atoms with Crippen molar-refractivity contribution in [2.24, 2.45) is 5.92 Å². The lowest BCUT2D eigenvalue weighted by atomic mass is 10.0. The second-order valence-corrected chi connectivity index (χ2v) is 18.2. The number of methoxy groups -OCH3 is 1. The number of carbonyl (C=O) groups excluding carboxylic acids is 4. The van der Waals surface area contributed by atoms with E-state index in [9.17, 15) is 36.4 Å². The molecule has 60 heavy (non-hydrogen) atoms. The Morgan fingerprint density at radius 3 is 2.58 bits per heavy atom. The molecule has 4 amide bonds. The number of carbonyl (C=O) groups is 4. The number of allylic oxidation sites excluding steroid dienone is 1. The molecule has 0 bridgehead atoms. The van der Waals surface area contributed by atoms with Crippen molar-refractivity contribution in [3.05, 3.63) is 53.9 Å². The van der Waals surface area contributed by atoms with Crippen molar-refractivity contribution in [3.8, 4) is 17.4 Å². The quantitative estimate of drug-likeness (QED) is 0.223. The lowest BCUT2D eigenvalue weighted by Gasteiger charge is -2.29. The van der Waals surface area contributed by atoms with E-state index in [-0.39, 0.29) is 43.5 Å². The van der Waals surface area contributed by atoms with Gasteiger partial charge in [0.2, 0.25) is 27.7 Å². The third-order valence-corrected chi connectivity index (χ3v) is 13.2. The number of amides is 4. The Labute approximate surface area is 346 Å². The summed E-state index contributed by atoms with van der Waals surface area (Å²) >= 11 is 0. The number of ether oxygens (including phenoxy) is 3. The van der Waals surface area contributed by atoms with Crippen LogP contribution in [0.25, 0.3) is 10.9 Å². The number of pyridine rings is 1. The van der Waals surface area contributed by atoms with Crippen molar-refractivity contribution < 1.29 is 50.6 Å². The van der Waals surface area contributed by atoms with Crippen molar-refractivity contribution in [3.63, 3.8) is 0 Å². The van der Waals surface area contributed by atoms with Gasteiger partial charge in [-0.2, -0.15) is 5.10 Å². The van der Waals surface area contributed by atoms with Gasteiger partial charge in [0.1, 0.15) is 47.5 Å². The zero-order valence-electron chi connectivity index (χ0n) is 34.0. The van der Waals surface area contributed by atoms with Crippen molar-refractivity contribution in [2.45, 2.75) is 127 Å². The molecular formula is C41H51F2N7O9S. The number of benzene rings is 1. The van der Waals surface area contributed by atoms with E-state index in [0.717, 1.165) is 10.2 Å². The van der Waals surface area contributed by atoms with Crippen LogP contribution >= 0.6 is 0 Å². The van der Waals surface area contributed by atoms with Gasteiger partial charge in [-0.15, -0.1) is 0 Å². The highest BCUT2D eigenvalue weighted by atomic mass is 32.2. The van der Waals surface area contributed by atoms with Crippen LogP contribution in [0.15, 0.2) is 42.6 Å². The molecule has 4 heterocycles. The van der Waals surface area contributed by atoms with E-state index in [1.54, 1.807) is 25.3 Å². The lowest BCUT2D eigenvalue weighted by molar-refractivity contribution is -0.141. The highest BCUT2D eigenvalue weighted by molar-refractivity contribution is 7.91. The molecule has 0 unspecified atom stereocenters. The Hall–Kier alpha value is -5.33. The van der Waals surface area contributed by atoms with Crippen LogP contribution < -0.4 is 29.6 Å². The highest BCUT2D eigenvalue weighted by Crippen LogP contribution is 2.46. The minimum atomic E-state index is -3.95. The molecule has 2 aliphatic carbocycles. The number of hydrogen-bond donors (Lipinski definition) is 3. The summed E-state index contributed by atoms with van der Waals surface area (Å²) < 4.78 is 73.2. The van der Waals surface area contributed by atoms with Crippen LogP contribution in [0.1, 0.15) is 87.7 Å². The largest absolute Gasteiger partial charge is 0.496 e. The molecule has 2 aliphatic heterocycles. The molecule has 5 atom stereocenters. The first-order valence-electron chi connectivity index (χ1n) is 20.4. The van der Waals surface area contributed by atoms with E-state index in [1.807, 2.05) is 32.9 Å². The summed E-state index contributed by atoms with van der Waals surface area (Å²) in [6.07, 6.45) is 5.00. The average Bonchev–Trinajstić information content (AvgIpc) is 4.07. The molecule has 3 fully saturated rings. The fourth-order valence-electron chi connectivity index (χ4n) is 7.96. The van der Waals surface area contributed by atoms with Crippen LogP contribution in [-0.2, 0) is 31.0 Å². The zero-order chi connectivity index (χ0) is 42.9. The maximum absolute atomic E-state index is 14.7. The van der Waals surface area contributed by atoms with Gasteiger partial charge in [0.05, 0.1) is 30.5 Å². The van der Waals surface area contributed by atoms with Crippen molar-refractivity contribution in [1.29, 1.82) is 0 Å². The predicted molar refractivity (Wildman–Crippen MR) is 214 cm³/mol. The molecule has 0 spiro atoms. The molecule has 19 heteroatoms. The molecule has 1 aromatic carbocycles. The second-order valence-electron chi connectivity index (χ2n) is 16.2. The first kappa shape index (κ1) is 42.8. The van der Waals surface area contributed by atoms with Crippen molar-refractivity contribution >= 4 is 44.6 Å². The fourth-order valence-corrected chi connectivity index (χ4v) is 9.33. The molecule has 16 nitrogen and oxygen atoms in total. The van der Waals surface area contributed by atoms with E-state index in [0.29, 0.717) is 60.9 Å². The normalized spacial score (nSPS) is 24.9. The Balaban J connectivity index is 1.22. The summed E-state index contributed by atoms with van der Waals surface area (Å²) in [5.41, 5.74) is -0.439. The summed E-state index contributed by atoms with van der Waals surface area (Å²) in [7, 11) is -2.40. The number of sulfonamides is 1. The number of nitrogens with zero attached hydrogens (tertiary/aromatic N) is 4. The van der Waals surface area contributed by atoms with E-state index in [2.05, 4.69) is 20.5 Å². The number of rotatable bonds is 12. The van der Waals surface area contributed by atoms with E-state index < -0.39 is 81.5 Å².